The number of aromatic nitrogens is 1. The zero-order valence-corrected chi connectivity index (χ0v) is 17.7. The molecule has 5 rings (SSSR count). The average Bonchev–Trinajstić information content (AvgIpc) is 3.40. The number of para-hydroxylation sites is 1. The number of hydrogen-bond acceptors (Lipinski definition) is 6. The number of rotatable bonds is 6. The van der Waals surface area contributed by atoms with Crippen molar-refractivity contribution >= 4 is 27.5 Å². The SMILES string of the molecule is O=C(CCCc1nc2ccccc2s1)N1CCN(Cc2ccc3c(c2)OCO3)CC1. The first kappa shape index (κ1) is 19.3. The Labute approximate surface area is 180 Å². The molecule has 1 saturated heterocycles. The molecule has 0 bridgehead atoms. The van der Waals surface area contributed by atoms with Crippen LogP contribution >= 0.6 is 11.3 Å². The normalized spacial score (nSPS) is 16.3. The maximum absolute atomic E-state index is 12.6. The van der Waals surface area contributed by atoms with Gasteiger partial charge in [-0.2, -0.15) is 0 Å². The molecule has 0 unspecified atom stereocenters. The zero-order valence-electron chi connectivity index (χ0n) is 16.9. The summed E-state index contributed by atoms with van der Waals surface area (Å²) in [5, 5.41) is 1.12. The van der Waals surface area contributed by atoms with E-state index < -0.39 is 0 Å². The minimum Gasteiger partial charge on any atom is -0.454 e. The quantitative estimate of drug-likeness (QED) is 0.605. The number of ether oxygens (including phenoxy) is 2. The smallest absolute Gasteiger partial charge is 0.231 e. The predicted molar refractivity (Wildman–Crippen MR) is 117 cm³/mol. The van der Waals surface area contributed by atoms with Gasteiger partial charge in [-0.25, -0.2) is 4.98 Å². The van der Waals surface area contributed by atoms with Crippen LogP contribution in [0.5, 0.6) is 11.5 Å². The molecule has 156 valence electrons. The molecule has 0 radical (unpaired) electrons. The Morgan fingerprint density at radius 3 is 2.73 bits per heavy atom. The molecule has 3 heterocycles. The molecule has 1 amide bonds. The van der Waals surface area contributed by atoms with E-state index in [0.29, 0.717) is 13.2 Å². The minimum absolute atomic E-state index is 0.263. The van der Waals surface area contributed by atoms with E-state index in [4.69, 9.17) is 9.47 Å². The maximum atomic E-state index is 12.6. The van der Waals surface area contributed by atoms with Gasteiger partial charge in [0.05, 0.1) is 15.2 Å². The van der Waals surface area contributed by atoms with Crippen molar-refractivity contribution in [3.05, 3.63) is 53.0 Å². The molecule has 0 saturated carbocycles. The van der Waals surface area contributed by atoms with E-state index >= 15 is 0 Å². The second kappa shape index (κ2) is 8.62. The number of carbonyl (C=O) groups excluding carboxylic acids is 1. The Bertz CT molecular complexity index is 1010. The Morgan fingerprint density at radius 2 is 1.87 bits per heavy atom. The first-order chi connectivity index (χ1) is 14.7. The van der Waals surface area contributed by atoms with Crippen LogP contribution in [0.2, 0.25) is 0 Å². The largest absolute Gasteiger partial charge is 0.454 e. The van der Waals surface area contributed by atoms with E-state index in [1.54, 1.807) is 11.3 Å². The van der Waals surface area contributed by atoms with Crippen molar-refractivity contribution in [2.75, 3.05) is 33.0 Å². The number of carbonyl (C=O) groups is 1. The zero-order chi connectivity index (χ0) is 20.3. The standard InChI is InChI=1S/C23H25N3O3S/c27-23(7-3-6-22-24-18-4-1-2-5-21(18)30-22)26-12-10-25(11-13-26)15-17-8-9-19-20(14-17)29-16-28-19/h1-2,4-5,8-9,14H,3,6-7,10-13,15-16H2. The molecule has 6 nitrogen and oxygen atoms in total. The molecule has 0 atom stereocenters. The first-order valence-electron chi connectivity index (χ1n) is 10.5. The molecule has 1 aromatic heterocycles. The van der Waals surface area contributed by atoms with Gasteiger partial charge in [-0.15, -0.1) is 11.3 Å². The Morgan fingerprint density at radius 1 is 1.03 bits per heavy atom. The van der Waals surface area contributed by atoms with Crippen molar-refractivity contribution in [3.8, 4) is 11.5 Å². The number of aryl methyl sites for hydroxylation is 1. The Hall–Kier alpha value is -2.64. The molecule has 0 aliphatic carbocycles. The van der Waals surface area contributed by atoms with Crippen LogP contribution in [0.3, 0.4) is 0 Å². The number of fused-ring (bicyclic) bond motifs is 2. The summed E-state index contributed by atoms with van der Waals surface area (Å²) in [5.74, 6) is 1.91. The fourth-order valence-electron chi connectivity index (χ4n) is 4.03. The van der Waals surface area contributed by atoms with Crippen LogP contribution in [0.15, 0.2) is 42.5 Å². The second-order valence-corrected chi connectivity index (χ2v) is 8.89. The lowest BCUT2D eigenvalue weighted by Gasteiger charge is -2.34. The molecule has 7 heteroatoms. The lowest BCUT2D eigenvalue weighted by atomic mass is 10.1. The number of benzene rings is 2. The highest BCUT2D eigenvalue weighted by Crippen LogP contribution is 2.32. The molecule has 30 heavy (non-hydrogen) atoms. The lowest BCUT2D eigenvalue weighted by Crippen LogP contribution is -2.48. The van der Waals surface area contributed by atoms with E-state index in [2.05, 4.69) is 28.1 Å². The minimum atomic E-state index is 0.263. The number of hydrogen-bond donors (Lipinski definition) is 0. The van der Waals surface area contributed by atoms with Crippen LogP contribution in [0.1, 0.15) is 23.4 Å². The van der Waals surface area contributed by atoms with Gasteiger partial charge in [0.15, 0.2) is 11.5 Å². The summed E-state index contributed by atoms with van der Waals surface area (Å²) < 4.78 is 12.1. The van der Waals surface area contributed by atoms with E-state index in [-0.39, 0.29) is 5.91 Å². The van der Waals surface area contributed by atoms with Crippen molar-refractivity contribution < 1.29 is 14.3 Å². The molecule has 1 fully saturated rings. The van der Waals surface area contributed by atoms with Crippen LogP contribution in [-0.2, 0) is 17.8 Å². The van der Waals surface area contributed by atoms with Gasteiger partial charge in [0.2, 0.25) is 12.7 Å². The summed E-state index contributed by atoms with van der Waals surface area (Å²) in [7, 11) is 0. The van der Waals surface area contributed by atoms with Gasteiger partial charge in [0.1, 0.15) is 0 Å². The fraction of sp³-hybridized carbons (Fsp3) is 0.391. The van der Waals surface area contributed by atoms with Crippen LogP contribution in [0.25, 0.3) is 10.2 Å². The van der Waals surface area contributed by atoms with Crippen molar-refractivity contribution in [1.82, 2.24) is 14.8 Å². The van der Waals surface area contributed by atoms with Gasteiger partial charge in [0.25, 0.3) is 0 Å². The summed E-state index contributed by atoms with van der Waals surface area (Å²) in [6.45, 7) is 4.57. The van der Waals surface area contributed by atoms with Gasteiger partial charge < -0.3 is 14.4 Å². The van der Waals surface area contributed by atoms with Crippen molar-refractivity contribution in [1.29, 1.82) is 0 Å². The van der Waals surface area contributed by atoms with E-state index in [0.717, 1.165) is 67.6 Å². The monoisotopic (exact) mass is 423 g/mol. The summed E-state index contributed by atoms with van der Waals surface area (Å²) in [5.41, 5.74) is 2.28. The second-order valence-electron chi connectivity index (χ2n) is 7.77. The average molecular weight is 424 g/mol. The van der Waals surface area contributed by atoms with Gasteiger partial charge >= 0.3 is 0 Å². The maximum Gasteiger partial charge on any atom is 0.231 e. The van der Waals surface area contributed by atoms with Crippen LogP contribution in [-0.4, -0.2) is 53.7 Å². The third kappa shape index (κ3) is 4.27. The molecular formula is C23H25N3O3S. The molecule has 0 spiro atoms. The lowest BCUT2D eigenvalue weighted by molar-refractivity contribution is -0.133. The van der Waals surface area contributed by atoms with Crippen molar-refractivity contribution in [2.24, 2.45) is 0 Å². The van der Waals surface area contributed by atoms with Gasteiger partial charge in [-0.05, 0) is 42.7 Å². The third-order valence-corrected chi connectivity index (χ3v) is 6.78. The summed E-state index contributed by atoms with van der Waals surface area (Å²) in [6, 6.07) is 14.3. The van der Waals surface area contributed by atoms with Crippen molar-refractivity contribution in [3.63, 3.8) is 0 Å². The van der Waals surface area contributed by atoms with Crippen LogP contribution in [0, 0.1) is 0 Å². The molecule has 2 aromatic carbocycles. The number of amides is 1. The number of nitrogens with zero attached hydrogens (tertiary/aromatic N) is 3. The summed E-state index contributed by atoms with van der Waals surface area (Å²) >= 11 is 1.73. The highest BCUT2D eigenvalue weighted by Gasteiger charge is 2.22. The van der Waals surface area contributed by atoms with E-state index in [1.165, 1.54) is 10.3 Å². The van der Waals surface area contributed by atoms with Crippen LogP contribution < -0.4 is 9.47 Å². The number of piperazine rings is 1. The molecular weight excluding hydrogens is 398 g/mol. The fourth-order valence-corrected chi connectivity index (χ4v) is 5.04. The van der Waals surface area contributed by atoms with E-state index in [9.17, 15) is 4.79 Å². The van der Waals surface area contributed by atoms with Crippen molar-refractivity contribution in [2.45, 2.75) is 25.8 Å². The molecule has 2 aliphatic rings. The van der Waals surface area contributed by atoms with E-state index in [1.807, 2.05) is 29.2 Å². The number of thiazole rings is 1. The first-order valence-corrected chi connectivity index (χ1v) is 11.3. The summed E-state index contributed by atoms with van der Waals surface area (Å²) in [6.07, 6.45) is 2.32. The Kier molecular flexibility index (Phi) is 5.55. The van der Waals surface area contributed by atoms with Gasteiger partial charge in [0, 0.05) is 39.1 Å². The molecule has 3 aromatic rings. The summed E-state index contributed by atoms with van der Waals surface area (Å²) in [4.78, 5) is 21.7. The molecule has 0 N–H and O–H groups in total. The Balaban J connectivity index is 1.06. The van der Waals surface area contributed by atoms with Crippen LogP contribution in [0.4, 0.5) is 0 Å². The highest BCUT2D eigenvalue weighted by molar-refractivity contribution is 7.18. The topological polar surface area (TPSA) is 54.9 Å². The third-order valence-electron chi connectivity index (χ3n) is 5.69. The predicted octanol–water partition coefficient (Wildman–Crippen LogP) is 3.69. The van der Waals surface area contributed by atoms with Gasteiger partial charge in [-0.3, -0.25) is 9.69 Å². The molecule has 2 aliphatic heterocycles. The highest BCUT2D eigenvalue weighted by atomic mass is 32.1. The van der Waals surface area contributed by atoms with Gasteiger partial charge in [-0.1, -0.05) is 18.2 Å².